The zero-order chi connectivity index (χ0) is 20.4. The van der Waals surface area contributed by atoms with Gasteiger partial charge in [0.15, 0.2) is 0 Å². The number of aryl methyl sites for hydroxylation is 1. The highest BCUT2D eigenvalue weighted by molar-refractivity contribution is 7.10. The Morgan fingerprint density at radius 3 is 2.68 bits per heavy atom. The summed E-state index contributed by atoms with van der Waals surface area (Å²) in [5.41, 5.74) is 1.45. The number of thiophene rings is 1. The Morgan fingerprint density at radius 1 is 1.32 bits per heavy atom. The van der Waals surface area contributed by atoms with Crippen LogP contribution in [0.15, 0.2) is 41.3 Å². The Hall–Kier alpha value is -2.15. The van der Waals surface area contributed by atoms with Crippen molar-refractivity contribution < 1.29 is 19.4 Å². The van der Waals surface area contributed by atoms with E-state index in [1.807, 2.05) is 32.2 Å². The van der Waals surface area contributed by atoms with Gasteiger partial charge in [0.2, 0.25) is 0 Å². The molecule has 1 aliphatic rings. The van der Waals surface area contributed by atoms with Crippen LogP contribution in [0.4, 0.5) is 0 Å². The molecule has 1 aliphatic heterocycles. The van der Waals surface area contributed by atoms with Gasteiger partial charge < -0.3 is 14.7 Å². The van der Waals surface area contributed by atoms with Gasteiger partial charge in [-0.3, -0.25) is 9.59 Å². The zero-order valence-electron chi connectivity index (χ0n) is 15.9. The summed E-state index contributed by atoms with van der Waals surface area (Å²) in [7, 11) is 0. The van der Waals surface area contributed by atoms with Gasteiger partial charge in [0, 0.05) is 22.0 Å². The number of nitrogens with zero attached hydrogens (tertiary/aromatic N) is 1. The number of halogens is 1. The van der Waals surface area contributed by atoms with Gasteiger partial charge in [-0.15, -0.1) is 11.3 Å². The molecule has 1 unspecified atom stereocenters. The largest absolute Gasteiger partial charge is 0.507 e. The predicted molar refractivity (Wildman–Crippen MR) is 111 cm³/mol. The van der Waals surface area contributed by atoms with Gasteiger partial charge in [-0.25, -0.2) is 0 Å². The summed E-state index contributed by atoms with van der Waals surface area (Å²) in [4.78, 5) is 28.0. The van der Waals surface area contributed by atoms with E-state index < -0.39 is 17.7 Å². The van der Waals surface area contributed by atoms with Crippen molar-refractivity contribution in [2.75, 3.05) is 13.2 Å². The summed E-state index contributed by atoms with van der Waals surface area (Å²) in [6, 6.07) is 7.90. The summed E-state index contributed by atoms with van der Waals surface area (Å²) >= 11 is 7.49. The molecule has 1 aromatic carbocycles. The van der Waals surface area contributed by atoms with E-state index in [-0.39, 0.29) is 24.0 Å². The van der Waals surface area contributed by atoms with Crippen molar-refractivity contribution >= 4 is 40.4 Å². The van der Waals surface area contributed by atoms with Crippen LogP contribution < -0.4 is 0 Å². The molecule has 2 aromatic rings. The van der Waals surface area contributed by atoms with Crippen LogP contribution in [0.2, 0.25) is 5.02 Å². The minimum Gasteiger partial charge on any atom is -0.507 e. The second kappa shape index (κ2) is 8.47. The molecule has 1 atom stereocenters. The van der Waals surface area contributed by atoms with E-state index >= 15 is 0 Å². The summed E-state index contributed by atoms with van der Waals surface area (Å²) < 4.78 is 5.58. The highest BCUT2D eigenvalue weighted by atomic mass is 35.5. The zero-order valence-corrected chi connectivity index (χ0v) is 17.5. The summed E-state index contributed by atoms with van der Waals surface area (Å²) in [6.07, 6.45) is 0.0187. The number of Topliss-reactive ketones (excluding diaryl/α,β-unsaturated/α-hetero) is 1. The van der Waals surface area contributed by atoms with Crippen molar-refractivity contribution in [3.63, 3.8) is 0 Å². The molecule has 148 valence electrons. The third-order valence-corrected chi connectivity index (χ3v) is 5.88. The number of ether oxygens (including phenoxy) is 1. The number of likely N-dealkylation sites (tertiary alicyclic amines) is 1. The maximum Gasteiger partial charge on any atom is 0.295 e. The second-order valence-corrected chi connectivity index (χ2v) is 8.27. The van der Waals surface area contributed by atoms with E-state index in [0.29, 0.717) is 17.2 Å². The highest BCUT2D eigenvalue weighted by Crippen LogP contribution is 2.42. The fourth-order valence-electron chi connectivity index (χ4n) is 3.23. The van der Waals surface area contributed by atoms with Gasteiger partial charge in [-0.05, 0) is 49.9 Å². The number of hydrogen-bond acceptors (Lipinski definition) is 5. The molecule has 0 saturated carbocycles. The van der Waals surface area contributed by atoms with Gasteiger partial charge in [-0.1, -0.05) is 23.7 Å². The first-order chi connectivity index (χ1) is 13.3. The van der Waals surface area contributed by atoms with Crippen molar-refractivity contribution in [3.05, 3.63) is 62.3 Å². The molecule has 1 fully saturated rings. The first kappa shape index (κ1) is 20.6. The summed E-state index contributed by atoms with van der Waals surface area (Å²) in [5, 5.41) is 13.3. The van der Waals surface area contributed by atoms with E-state index in [1.165, 1.54) is 16.2 Å². The quantitative estimate of drug-likeness (QED) is 0.423. The van der Waals surface area contributed by atoms with Gasteiger partial charge in [0.25, 0.3) is 11.7 Å². The van der Waals surface area contributed by atoms with Crippen LogP contribution in [0.3, 0.4) is 0 Å². The highest BCUT2D eigenvalue weighted by Gasteiger charge is 2.46. The van der Waals surface area contributed by atoms with Crippen molar-refractivity contribution in [1.82, 2.24) is 4.90 Å². The molecule has 1 N–H and O–H groups in total. The van der Waals surface area contributed by atoms with Crippen molar-refractivity contribution in [2.24, 2.45) is 0 Å². The maximum absolute atomic E-state index is 12.9. The van der Waals surface area contributed by atoms with E-state index in [9.17, 15) is 14.7 Å². The fraction of sp³-hybridized carbons (Fsp3) is 0.333. The minimum atomic E-state index is -0.695. The minimum absolute atomic E-state index is 0.0187. The number of aliphatic hydroxyl groups is 1. The molecular formula is C21H22ClNO4S. The van der Waals surface area contributed by atoms with Crippen LogP contribution in [-0.4, -0.2) is 41.0 Å². The second-order valence-electron chi connectivity index (χ2n) is 6.89. The molecule has 0 radical (unpaired) electrons. The Kier molecular flexibility index (Phi) is 6.23. The number of rotatable bonds is 6. The summed E-state index contributed by atoms with van der Waals surface area (Å²) in [5.74, 6) is -1.54. The van der Waals surface area contributed by atoms with E-state index in [0.717, 1.165) is 10.4 Å². The molecule has 1 aromatic heterocycles. The molecule has 1 saturated heterocycles. The molecule has 5 nitrogen and oxygen atoms in total. The Balaban J connectivity index is 2.09. The third kappa shape index (κ3) is 3.99. The molecule has 0 bridgehead atoms. The smallest absolute Gasteiger partial charge is 0.295 e. The number of aliphatic hydroxyl groups excluding tert-OH is 1. The summed E-state index contributed by atoms with van der Waals surface area (Å²) in [6.45, 7) is 6.32. The molecular weight excluding hydrogens is 398 g/mol. The molecule has 0 aliphatic carbocycles. The molecule has 28 heavy (non-hydrogen) atoms. The van der Waals surface area contributed by atoms with Crippen molar-refractivity contribution in [3.8, 4) is 0 Å². The van der Waals surface area contributed by atoms with Gasteiger partial charge in [0.05, 0.1) is 24.3 Å². The van der Waals surface area contributed by atoms with Gasteiger partial charge in [0.1, 0.15) is 5.76 Å². The number of amides is 1. The number of hydrogen-bond donors (Lipinski definition) is 1. The lowest BCUT2D eigenvalue weighted by Crippen LogP contribution is -2.33. The van der Waals surface area contributed by atoms with E-state index in [4.69, 9.17) is 16.3 Å². The number of carbonyl (C=O) groups is 2. The number of carbonyl (C=O) groups excluding carboxylic acids is 2. The van der Waals surface area contributed by atoms with Crippen LogP contribution in [0.1, 0.15) is 35.9 Å². The Morgan fingerprint density at radius 2 is 2.07 bits per heavy atom. The van der Waals surface area contributed by atoms with Crippen LogP contribution >= 0.6 is 22.9 Å². The van der Waals surface area contributed by atoms with Gasteiger partial charge >= 0.3 is 0 Å². The Labute approximate surface area is 173 Å². The van der Waals surface area contributed by atoms with Crippen LogP contribution in [0.25, 0.3) is 5.76 Å². The normalized spacial score (nSPS) is 19.0. The van der Waals surface area contributed by atoms with Crippen molar-refractivity contribution in [2.45, 2.75) is 32.9 Å². The molecule has 0 spiro atoms. The predicted octanol–water partition coefficient (Wildman–Crippen LogP) is 4.56. The average molecular weight is 420 g/mol. The first-order valence-corrected chi connectivity index (χ1v) is 10.3. The number of benzene rings is 1. The van der Waals surface area contributed by atoms with Gasteiger partial charge in [-0.2, -0.15) is 0 Å². The van der Waals surface area contributed by atoms with Crippen molar-refractivity contribution in [1.29, 1.82) is 0 Å². The lowest BCUT2D eigenvalue weighted by atomic mass is 9.98. The average Bonchev–Trinajstić information content (AvgIpc) is 3.16. The van der Waals surface area contributed by atoms with E-state index in [2.05, 4.69) is 0 Å². The number of ketones is 1. The Bertz CT molecular complexity index is 934. The SMILES string of the molecule is Cc1ccsc1C1/C(=C(/O)c2cccc(Cl)c2)C(=O)C(=O)N1CCOC(C)C. The molecule has 2 heterocycles. The van der Waals surface area contributed by atoms with Crippen LogP contribution in [0.5, 0.6) is 0 Å². The van der Waals surface area contributed by atoms with E-state index in [1.54, 1.807) is 24.3 Å². The lowest BCUT2D eigenvalue weighted by molar-refractivity contribution is -0.140. The van der Waals surface area contributed by atoms with Crippen LogP contribution in [-0.2, 0) is 14.3 Å². The topological polar surface area (TPSA) is 66.8 Å². The standard InChI is InChI=1S/C21H22ClNO4S/c1-12(2)27-9-8-23-17(20-13(3)7-10-28-20)16(19(25)21(23)26)18(24)14-5-4-6-15(22)11-14/h4-7,10-12,17,24H,8-9H2,1-3H3/b18-16-. The monoisotopic (exact) mass is 419 g/mol. The molecule has 1 amide bonds. The lowest BCUT2D eigenvalue weighted by Gasteiger charge is -2.25. The first-order valence-electron chi connectivity index (χ1n) is 9.01. The fourth-order valence-corrected chi connectivity index (χ4v) is 4.46. The molecule has 7 heteroatoms. The molecule has 3 rings (SSSR count). The third-order valence-electron chi connectivity index (χ3n) is 4.57. The maximum atomic E-state index is 12.9. The van der Waals surface area contributed by atoms with Crippen LogP contribution in [0, 0.1) is 6.92 Å².